The van der Waals surface area contributed by atoms with Crippen molar-refractivity contribution in [2.75, 3.05) is 20.3 Å². The second-order valence-electron chi connectivity index (χ2n) is 8.25. The summed E-state index contributed by atoms with van der Waals surface area (Å²) in [5.74, 6) is -3.83. The van der Waals surface area contributed by atoms with Crippen molar-refractivity contribution in [1.82, 2.24) is 0 Å². The summed E-state index contributed by atoms with van der Waals surface area (Å²) in [6.45, 7) is 5.76. The van der Waals surface area contributed by atoms with E-state index in [9.17, 15) is 14.4 Å². The highest BCUT2D eigenvalue weighted by atomic mass is 16.7. The van der Waals surface area contributed by atoms with E-state index in [1.807, 2.05) is 13.8 Å². The molecule has 11 heteroatoms. The molecule has 6 atom stereocenters. The number of carbonyl (C=O) groups is 3. The van der Waals surface area contributed by atoms with Gasteiger partial charge in [-0.05, 0) is 30.7 Å². The summed E-state index contributed by atoms with van der Waals surface area (Å²) in [5.41, 5.74) is 8.33. The Labute approximate surface area is 187 Å². The van der Waals surface area contributed by atoms with Crippen molar-refractivity contribution >= 4 is 17.9 Å². The second kappa shape index (κ2) is 12.0. The molecule has 2 rings (SSSR count). The molecule has 1 unspecified atom stereocenters. The first-order valence-electron chi connectivity index (χ1n) is 11.1. The molecule has 0 N–H and O–H groups in total. The van der Waals surface area contributed by atoms with Gasteiger partial charge < -0.3 is 23.7 Å². The lowest BCUT2D eigenvalue weighted by molar-refractivity contribution is -0.313. The summed E-state index contributed by atoms with van der Waals surface area (Å²) >= 11 is 0. The van der Waals surface area contributed by atoms with Crippen LogP contribution in [0.2, 0.25) is 0 Å². The van der Waals surface area contributed by atoms with Gasteiger partial charge in [0.2, 0.25) is 0 Å². The van der Waals surface area contributed by atoms with Crippen LogP contribution in [0.15, 0.2) is 5.11 Å². The number of fused-ring (bicyclic) bond motifs is 1. The minimum absolute atomic E-state index is 0.00139. The van der Waals surface area contributed by atoms with Crippen LogP contribution in [0.3, 0.4) is 0 Å². The smallest absolute Gasteiger partial charge is 0.366 e. The topological polar surface area (TPSA) is 146 Å². The third kappa shape index (κ3) is 6.34. The summed E-state index contributed by atoms with van der Waals surface area (Å²) in [5, 5.41) is 3.49. The van der Waals surface area contributed by atoms with Crippen LogP contribution in [-0.2, 0) is 38.1 Å². The molecule has 11 nitrogen and oxygen atoms in total. The largest absolute Gasteiger partial charge is 0.465 e. The Balaban J connectivity index is 2.25. The van der Waals surface area contributed by atoms with Gasteiger partial charge in [-0.25, -0.2) is 4.79 Å². The molecule has 0 aliphatic carbocycles. The molecule has 2 fully saturated rings. The van der Waals surface area contributed by atoms with E-state index in [0.29, 0.717) is 25.8 Å². The number of unbranched alkanes of at least 4 members (excludes halogenated alkanes) is 2. The van der Waals surface area contributed by atoms with Crippen molar-refractivity contribution in [1.29, 1.82) is 0 Å². The molecule has 0 aromatic carbocycles. The lowest BCUT2D eigenvalue weighted by atomic mass is 9.80. The van der Waals surface area contributed by atoms with Crippen molar-refractivity contribution in [3.8, 4) is 0 Å². The van der Waals surface area contributed by atoms with E-state index in [4.69, 9.17) is 29.2 Å². The zero-order valence-corrected chi connectivity index (χ0v) is 19.2. The molecule has 0 saturated carbocycles. The first-order valence-corrected chi connectivity index (χ1v) is 11.1. The number of esters is 3. The molecule has 0 amide bonds. The number of methoxy groups -OCH3 is 1. The highest BCUT2D eigenvalue weighted by Gasteiger charge is 2.60. The Bertz CT molecular complexity index is 726. The van der Waals surface area contributed by atoms with Crippen LogP contribution in [0.1, 0.15) is 59.3 Å². The quantitative estimate of drug-likeness (QED) is 0.109. The summed E-state index contributed by atoms with van der Waals surface area (Å²) in [6.07, 6.45) is 0.740. The van der Waals surface area contributed by atoms with Crippen LogP contribution >= 0.6 is 0 Å². The minimum Gasteiger partial charge on any atom is -0.465 e. The Kier molecular flexibility index (Phi) is 9.74. The third-order valence-electron chi connectivity index (χ3n) is 6.01. The van der Waals surface area contributed by atoms with Crippen molar-refractivity contribution in [2.24, 2.45) is 17.0 Å². The molecule has 0 aromatic heterocycles. The molecule has 0 spiro atoms. The molecule has 2 aliphatic heterocycles. The van der Waals surface area contributed by atoms with Crippen LogP contribution in [0.4, 0.5) is 0 Å². The lowest BCUT2D eigenvalue weighted by Gasteiger charge is -2.46. The Morgan fingerprint density at radius 3 is 2.72 bits per heavy atom. The van der Waals surface area contributed by atoms with E-state index < -0.39 is 42.0 Å². The number of ether oxygens (including phenoxy) is 5. The Morgan fingerprint density at radius 2 is 2.09 bits per heavy atom. The molecular formula is C21H33N3O8. The number of azide groups is 1. The van der Waals surface area contributed by atoms with Gasteiger partial charge in [-0.15, -0.1) is 0 Å². The van der Waals surface area contributed by atoms with Crippen molar-refractivity contribution in [2.45, 2.75) is 83.4 Å². The fourth-order valence-corrected chi connectivity index (χ4v) is 4.19. The van der Waals surface area contributed by atoms with Gasteiger partial charge in [-0.2, -0.15) is 0 Å². The fraction of sp³-hybridized carbons (Fsp3) is 0.857. The summed E-state index contributed by atoms with van der Waals surface area (Å²) < 4.78 is 28.3. The maximum absolute atomic E-state index is 12.8. The fourth-order valence-electron chi connectivity index (χ4n) is 4.19. The van der Waals surface area contributed by atoms with Gasteiger partial charge in [-0.3, -0.25) is 9.59 Å². The lowest BCUT2D eigenvalue weighted by Crippen LogP contribution is -2.60. The van der Waals surface area contributed by atoms with Gasteiger partial charge in [0.15, 0.2) is 0 Å². The van der Waals surface area contributed by atoms with Crippen LogP contribution in [0.5, 0.6) is 0 Å². The van der Waals surface area contributed by atoms with Crippen LogP contribution in [-0.4, -0.2) is 62.3 Å². The summed E-state index contributed by atoms with van der Waals surface area (Å²) in [6, 6.07) is 0. The molecule has 180 valence electrons. The van der Waals surface area contributed by atoms with E-state index in [1.165, 1.54) is 14.0 Å². The molecular weight excluding hydrogens is 422 g/mol. The summed E-state index contributed by atoms with van der Waals surface area (Å²) in [4.78, 5) is 39.4. The van der Waals surface area contributed by atoms with E-state index in [-0.39, 0.29) is 31.3 Å². The normalized spacial score (nSPS) is 28.6. The molecule has 2 saturated heterocycles. The van der Waals surface area contributed by atoms with Crippen molar-refractivity contribution in [3.63, 3.8) is 0 Å². The van der Waals surface area contributed by atoms with Gasteiger partial charge in [0, 0.05) is 24.3 Å². The van der Waals surface area contributed by atoms with E-state index in [2.05, 4.69) is 10.0 Å². The van der Waals surface area contributed by atoms with Gasteiger partial charge in [0.05, 0.1) is 26.6 Å². The van der Waals surface area contributed by atoms with Crippen molar-refractivity contribution < 1.29 is 38.1 Å². The Hall–Kier alpha value is -2.36. The molecule has 32 heavy (non-hydrogen) atoms. The van der Waals surface area contributed by atoms with Gasteiger partial charge in [0.1, 0.15) is 18.3 Å². The van der Waals surface area contributed by atoms with E-state index >= 15 is 0 Å². The zero-order valence-electron chi connectivity index (χ0n) is 19.2. The maximum atomic E-state index is 12.8. The predicted molar refractivity (Wildman–Crippen MR) is 111 cm³/mol. The van der Waals surface area contributed by atoms with Crippen LogP contribution in [0, 0.1) is 11.8 Å². The number of rotatable bonds is 12. The first kappa shape index (κ1) is 25.9. The first-order chi connectivity index (χ1) is 15.3. The number of hydrogen-bond donors (Lipinski definition) is 0. The Morgan fingerprint density at radius 1 is 1.34 bits per heavy atom. The minimum atomic E-state index is -1.78. The van der Waals surface area contributed by atoms with Gasteiger partial charge in [0.25, 0.3) is 5.79 Å². The van der Waals surface area contributed by atoms with Crippen LogP contribution < -0.4 is 0 Å². The van der Waals surface area contributed by atoms with Crippen molar-refractivity contribution in [3.05, 3.63) is 10.4 Å². The zero-order chi connectivity index (χ0) is 23.7. The van der Waals surface area contributed by atoms with Gasteiger partial charge >= 0.3 is 17.9 Å². The molecule has 2 aliphatic rings. The molecule has 2 heterocycles. The monoisotopic (exact) mass is 455 g/mol. The average Bonchev–Trinajstić information content (AvgIpc) is 3.14. The molecule has 0 radical (unpaired) electrons. The SMILES string of the molecule is CC[C@@H](C)[C@@H](OC(C)=O)C1O[C@@](OCCCCCN=[N+]=[N-])(C(=O)OC)C[C@H]2OC(=O)C[C@@H]12. The van der Waals surface area contributed by atoms with Crippen LogP contribution in [0.25, 0.3) is 10.4 Å². The highest BCUT2D eigenvalue weighted by molar-refractivity contribution is 5.79. The number of nitrogens with zero attached hydrogens (tertiary/aromatic N) is 3. The van der Waals surface area contributed by atoms with E-state index in [1.54, 1.807) is 0 Å². The van der Waals surface area contributed by atoms with Gasteiger partial charge in [-0.1, -0.05) is 25.4 Å². The highest BCUT2D eigenvalue weighted by Crippen LogP contribution is 2.44. The third-order valence-corrected chi connectivity index (χ3v) is 6.01. The number of carbonyl (C=O) groups excluding carboxylic acids is 3. The van der Waals surface area contributed by atoms with E-state index in [0.717, 1.165) is 6.42 Å². The second-order valence-corrected chi connectivity index (χ2v) is 8.25. The standard InChI is InChI=1S/C21H33N3O8/c1-5-13(2)18(30-14(3)25)19-15-11-17(26)31-16(15)12-21(32-19,20(27)28-4)29-10-8-6-7-9-23-24-22/h13,15-16,18-19H,5-12H2,1-4H3/t13-,15-,16-,18-,19?,21-/m1/s1. The molecule has 0 bridgehead atoms. The molecule has 0 aromatic rings. The number of hydrogen-bond acceptors (Lipinski definition) is 9. The average molecular weight is 456 g/mol. The maximum Gasteiger partial charge on any atom is 0.366 e. The predicted octanol–water partition coefficient (Wildman–Crippen LogP) is 3.05. The summed E-state index contributed by atoms with van der Waals surface area (Å²) in [7, 11) is 1.23.